The van der Waals surface area contributed by atoms with Gasteiger partial charge in [0.1, 0.15) is 6.61 Å². The van der Waals surface area contributed by atoms with Gasteiger partial charge in [0.15, 0.2) is 0 Å². The van der Waals surface area contributed by atoms with E-state index in [2.05, 4.69) is 22.6 Å². The molecule has 0 aliphatic carbocycles. The largest absolute Gasteiger partial charge is 0.748 e. The molecule has 8 heteroatoms. The van der Waals surface area contributed by atoms with Crippen molar-refractivity contribution >= 4 is 61.3 Å². The van der Waals surface area contributed by atoms with Crippen LogP contribution in [0.4, 0.5) is 0 Å². The Labute approximate surface area is 126 Å². The van der Waals surface area contributed by atoms with Crippen LogP contribution in [0, 0.1) is 7.14 Å². The smallest absolute Gasteiger partial charge is 0.339 e. The van der Waals surface area contributed by atoms with Gasteiger partial charge < -0.3 is 9.29 Å². The molecule has 0 unspecified atom stereocenters. The number of esters is 1. The predicted octanol–water partition coefficient (Wildman–Crippen LogP) is 1.60. The lowest BCUT2D eigenvalue weighted by Gasteiger charge is -2.08. The molecule has 0 aromatic heterocycles. The Hall–Kier alpha value is 0.0600. The van der Waals surface area contributed by atoms with Crippen LogP contribution in [0.2, 0.25) is 0 Å². The fraction of sp³-hybridized carbons (Fsp3) is 0.222. The lowest BCUT2D eigenvalue weighted by atomic mass is 10.2. The van der Waals surface area contributed by atoms with Crippen molar-refractivity contribution < 1.29 is 22.5 Å². The molecule has 17 heavy (non-hydrogen) atoms. The fourth-order valence-corrected chi connectivity index (χ4v) is 3.08. The van der Waals surface area contributed by atoms with Crippen LogP contribution >= 0.6 is 45.2 Å². The molecule has 0 fully saturated rings. The molecule has 0 radical (unpaired) electrons. The van der Waals surface area contributed by atoms with E-state index in [0.717, 1.165) is 3.57 Å². The molecule has 0 heterocycles. The number of rotatable bonds is 4. The molecule has 0 bridgehead atoms. The number of carbonyl (C=O) groups excluding carboxylic acids is 1. The number of carbonyl (C=O) groups is 1. The normalized spacial score (nSPS) is 11.2. The monoisotopic (exact) mass is 481 g/mol. The van der Waals surface area contributed by atoms with Gasteiger partial charge in [-0.05, 0) is 63.4 Å². The maximum atomic E-state index is 11.5. The van der Waals surface area contributed by atoms with Crippen LogP contribution in [0.1, 0.15) is 10.4 Å². The number of ether oxygens (including phenoxy) is 1. The van der Waals surface area contributed by atoms with Gasteiger partial charge in [-0.15, -0.1) is 0 Å². The average Bonchev–Trinajstić information content (AvgIpc) is 2.15. The van der Waals surface area contributed by atoms with Crippen molar-refractivity contribution in [2.45, 2.75) is 0 Å². The van der Waals surface area contributed by atoms with Gasteiger partial charge in [0.05, 0.1) is 21.4 Å². The second-order valence-electron chi connectivity index (χ2n) is 3.02. The Morgan fingerprint density at radius 2 is 2.00 bits per heavy atom. The van der Waals surface area contributed by atoms with Crippen molar-refractivity contribution in [2.75, 3.05) is 12.4 Å². The third-order valence-corrected chi connectivity index (χ3v) is 3.95. The minimum atomic E-state index is -4.35. The molecule has 94 valence electrons. The molecule has 0 amide bonds. The SMILES string of the molecule is O=C(OCCS(=O)(=O)[O-])c1ccc(I)cc1I. The zero-order valence-electron chi connectivity index (χ0n) is 8.35. The van der Waals surface area contributed by atoms with Crippen LogP contribution in [-0.2, 0) is 14.9 Å². The second kappa shape index (κ2) is 6.29. The van der Waals surface area contributed by atoms with Crippen LogP contribution in [0.25, 0.3) is 0 Å². The summed E-state index contributed by atoms with van der Waals surface area (Å²) in [6.07, 6.45) is 0. The van der Waals surface area contributed by atoms with Crippen molar-refractivity contribution in [2.24, 2.45) is 0 Å². The molecule has 0 aliphatic rings. The number of benzene rings is 1. The third-order valence-electron chi connectivity index (χ3n) is 1.72. The van der Waals surface area contributed by atoms with Gasteiger partial charge in [-0.3, -0.25) is 0 Å². The molecule has 5 nitrogen and oxygen atoms in total. The van der Waals surface area contributed by atoms with Crippen LogP contribution in [0.15, 0.2) is 18.2 Å². The number of hydrogen-bond donors (Lipinski definition) is 0. The fourth-order valence-electron chi connectivity index (χ4n) is 0.969. The van der Waals surface area contributed by atoms with Gasteiger partial charge >= 0.3 is 5.97 Å². The van der Waals surface area contributed by atoms with Gasteiger partial charge in [0.2, 0.25) is 0 Å². The summed E-state index contributed by atoms with van der Waals surface area (Å²) in [5, 5.41) is 0. The number of hydrogen-bond acceptors (Lipinski definition) is 5. The van der Waals surface area contributed by atoms with E-state index in [1.807, 2.05) is 22.6 Å². The first-order valence-corrected chi connectivity index (χ1v) is 8.09. The lowest BCUT2D eigenvalue weighted by molar-refractivity contribution is 0.0527. The Kier molecular flexibility index (Phi) is 5.60. The van der Waals surface area contributed by atoms with Crippen LogP contribution in [-0.4, -0.2) is 31.3 Å². The molecule has 0 spiro atoms. The standard InChI is InChI=1S/C9H8I2O5S/c10-6-1-2-7(8(11)5-6)9(12)16-3-4-17(13,14)15/h1-2,5H,3-4H2,(H,13,14,15)/p-1. The van der Waals surface area contributed by atoms with Gasteiger partial charge in [0.25, 0.3) is 0 Å². The van der Waals surface area contributed by atoms with Gasteiger partial charge in [-0.2, -0.15) is 0 Å². The van der Waals surface area contributed by atoms with Crippen LogP contribution < -0.4 is 0 Å². The van der Waals surface area contributed by atoms with E-state index in [4.69, 9.17) is 4.74 Å². The minimum Gasteiger partial charge on any atom is -0.748 e. The molecule has 0 N–H and O–H groups in total. The first kappa shape index (κ1) is 15.1. The molecule has 1 aromatic carbocycles. The molecule has 1 aromatic rings. The summed E-state index contributed by atoms with van der Waals surface area (Å²) < 4.78 is 37.3. The highest BCUT2D eigenvalue weighted by atomic mass is 127. The van der Waals surface area contributed by atoms with Crippen LogP contribution in [0.5, 0.6) is 0 Å². The second-order valence-corrected chi connectivity index (χ2v) is 6.95. The predicted molar refractivity (Wildman–Crippen MR) is 76.7 cm³/mol. The summed E-state index contributed by atoms with van der Waals surface area (Å²) in [6.45, 7) is -0.424. The van der Waals surface area contributed by atoms with E-state index in [9.17, 15) is 17.8 Å². The quantitative estimate of drug-likeness (QED) is 0.371. The molecule has 0 saturated heterocycles. The lowest BCUT2D eigenvalue weighted by Crippen LogP contribution is -2.15. The molecular formula is C9H7I2O5S-. The zero-order chi connectivity index (χ0) is 13.1. The summed E-state index contributed by atoms with van der Waals surface area (Å²) in [6, 6.07) is 5.13. The Morgan fingerprint density at radius 3 is 2.53 bits per heavy atom. The molecular weight excluding hydrogens is 474 g/mol. The van der Waals surface area contributed by atoms with Crippen LogP contribution in [0.3, 0.4) is 0 Å². The van der Waals surface area contributed by atoms with Gasteiger partial charge in [0, 0.05) is 7.14 Å². The van der Waals surface area contributed by atoms with Crippen molar-refractivity contribution in [3.05, 3.63) is 30.9 Å². The minimum absolute atomic E-state index is 0.356. The molecule has 0 saturated carbocycles. The van der Waals surface area contributed by atoms with Crippen molar-refractivity contribution in [3.63, 3.8) is 0 Å². The highest BCUT2D eigenvalue weighted by Gasteiger charge is 2.11. The maximum Gasteiger partial charge on any atom is 0.339 e. The Bertz CT molecular complexity index is 526. The van der Waals surface area contributed by atoms with E-state index in [1.165, 1.54) is 0 Å². The molecule has 1 rings (SSSR count). The van der Waals surface area contributed by atoms with E-state index >= 15 is 0 Å². The molecule has 0 atom stereocenters. The van der Waals surface area contributed by atoms with Crippen molar-refractivity contribution in [1.82, 2.24) is 0 Å². The van der Waals surface area contributed by atoms with Gasteiger partial charge in [-0.1, -0.05) is 0 Å². The van der Waals surface area contributed by atoms with Crippen molar-refractivity contribution in [1.29, 1.82) is 0 Å². The van der Waals surface area contributed by atoms with E-state index in [1.54, 1.807) is 18.2 Å². The first-order chi connectivity index (χ1) is 7.79. The highest BCUT2D eigenvalue weighted by Crippen LogP contribution is 2.16. The summed E-state index contributed by atoms with van der Waals surface area (Å²) in [5.74, 6) is -1.34. The highest BCUT2D eigenvalue weighted by molar-refractivity contribution is 14.1. The summed E-state index contributed by atoms with van der Waals surface area (Å²) in [7, 11) is -4.35. The first-order valence-electron chi connectivity index (χ1n) is 4.35. The van der Waals surface area contributed by atoms with E-state index in [0.29, 0.717) is 9.13 Å². The van der Waals surface area contributed by atoms with Gasteiger partial charge in [-0.25, -0.2) is 13.2 Å². The summed E-state index contributed by atoms with van der Waals surface area (Å²) in [4.78, 5) is 11.5. The number of halogens is 2. The summed E-state index contributed by atoms with van der Waals surface area (Å²) in [5.41, 5.74) is 0.356. The maximum absolute atomic E-state index is 11.5. The third kappa shape index (κ3) is 5.48. The van der Waals surface area contributed by atoms with E-state index < -0.39 is 28.4 Å². The molecule has 0 aliphatic heterocycles. The topological polar surface area (TPSA) is 83.5 Å². The van der Waals surface area contributed by atoms with Crippen molar-refractivity contribution in [3.8, 4) is 0 Å². The zero-order valence-corrected chi connectivity index (χ0v) is 13.5. The Morgan fingerprint density at radius 1 is 1.35 bits per heavy atom. The van der Waals surface area contributed by atoms with E-state index in [-0.39, 0.29) is 0 Å². The Balaban J connectivity index is 2.65. The summed E-state index contributed by atoms with van der Waals surface area (Å²) >= 11 is 4.09. The average molecular weight is 481 g/mol.